The minimum atomic E-state index is -0.732. The van der Waals surface area contributed by atoms with Crippen LogP contribution in [0.4, 0.5) is 11.4 Å². The number of aryl methyl sites for hydroxylation is 1. The van der Waals surface area contributed by atoms with E-state index in [0.717, 1.165) is 37.3 Å². The summed E-state index contributed by atoms with van der Waals surface area (Å²) in [6, 6.07) is 5.94. The molecule has 1 aromatic heterocycles. The number of ether oxygens (including phenoxy) is 1. The lowest BCUT2D eigenvalue weighted by molar-refractivity contribution is -0.384. The molecule has 0 saturated carbocycles. The van der Waals surface area contributed by atoms with Gasteiger partial charge in [0.15, 0.2) is 6.61 Å². The summed E-state index contributed by atoms with van der Waals surface area (Å²) in [6.45, 7) is 4.86. The number of nitro groups is 1. The van der Waals surface area contributed by atoms with E-state index >= 15 is 0 Å². The number of nitro benzene ring substituents is 1. The smallest absolute Gasteiger partial charge is 0.340 e. The van der Waals surface area contributed by atoms with Crippen molar-refractivity contribution in [1.29, 1.82) is 0 Å². The van der Waals surface area contributed by atoms with Gasteiger partial charge in [-0.05, 0) is 38.8 Å². The first-order chi connectivity index (χ1) is 13.3. The number of carbonyl (C=O) groups is 2. The Morgan fingerprint density at radius 2 is 1.82 bits per heavy atom. The molecule has 0 unspecified atom stereocenters. The van der Waals surface area contributed by atoms with E-state index in [2.05, 4.69) is 0 Å². The van der Waals surface area contributed by atoms with Crippen LogP contribution < -0.4 is 4.90 Å². The Morgan fingerprint density at radius 1 is 1.14 bits per heavy atom. The third-order valence-electron chi connectivity index (χ3n) is 5.27. The molecule has 2 heterocycles. The maximum atomic E-state index is 12.7. The fourth-order valence-corrected chi connectivity index (χ4v) is 3.46. The molecule has 0 aliphatic carbocycles. The van der Waals surface area contributed by atoms with E-state index in [1.807, 2.05) is 30.4 Å². The highest BCUT2D eigenvalue weighted by Crippen LogP contribution is 2.29. The molecule has 0 spiro atoms. The molecular weight excluding hydrogens is 362 g/mol. The molecule has 0 atom stereocenters. The molecule has 0 amide bonds. The number of hydrogen-bond donors (Lipinski definition) is 0. The van der Waals surface area contributed by atoms with Crippen LogP contribution >= 0.6 is 0 Å². The quantitative estimate of drug-likeness (QED) is 0.328. The number of rotatable bonds is 6. The van der Waals surface area contributed by atoms with E-state index in [-0.39, 0.29) is 17.0 Å². The van der Waals surface area contributed by atoms with Gasteiger partial charge in [-0.15, -0.1) is 0 Å². The summed E-state index contributed by atoms with van der Waals surface area (Å²) in [7, 11) is 1.86. The predicted octanol–water partition coefficient (Wildman–Crippen LogP) is 3.19. The van der Waals surface area contributed by atoms with Crippen molar-refractivity contribution in [3.63, 3.8) is 0 Å². The molecule has 28 heavy (non-hydrogen) atoms. The van der Waals surface area contributed by atoms with Crippen LogP contribution in [-0.2, 0) is 11.8 Å². The highest BCUT2D eigenvalue weighted by molar-refractivity contribution is 6.02. The van der Waals surface area contributed by atoms with Gasteiger partial charge in [0, 0.05) is 49.2 Å². The third kappa shape index (κ3) is 3.76. The number of aromatic nitrogens is 1. The van der Waals surface area contributed by atoms with Gasteiger partial charge in [-0.2, -0.15) is 0 Å². The third-order valence-corrected chi connectivity index (χ3v) is 5.27. The van der Waals surface area contributed by atoms with Crippen molar-refractivity contribution >= 4 is 23.1 Å². The van der Waals surface area contributed by atoms with E-state index in [0.29, 0.717) is 11.3 Å². The van der Waals surface area contributed by atoms with Crippen molar-refractivity contribution in [1.82, 2.24) is 4.57 Å². The van der Waals surface area contributed by atoms with E-state index in [4.69, 9.17) is 4.74 Å². The molecule has 8 heteroatoms. The first kappa shape index (κ1) is 19.6. The molecule has 1 aromatic carbocycles. The van der Waals surface area contributed by atoms with Gasteiger partial charge in [-0.1, -0.05) is 0 Å². The first-order valence-corrected chi connectivity index (χ1v) is 9.16. The zero-order chi connectivity index (χ0) is 20.4. The Morgan fingerprint density at radius 3 is 2.39 bits per heavy atom. The molecule has 1 fully saturated rings. The lowest BCUT2D eigenvalue weighted by Gasteiger charge is -2.20. The zero-order valence-electron chi connectivity index (χ0n) is 16.2. The number of anilines is 1. The number of esters is 1. The molecule has 0 N–H and O–H groups in total. The summed E-state index contributed by atoms with van der Waals surface area (Å²) in [5.74, 6) is -1.04. The highest BCUT2D eigenvalue weighted by Gasteiger charge is 2.24. The summed E-state index contributed by atoms with van der Waals surface area (Å²) in [5.41, 5.74) is 2.77. The number of non-ortho nitro benzene ring substituents is 1. The Labute approximate surface area is 162 Å². The summed E-state index contributed by atoms with van der Waals surface area (Å²) >= 11 is 0. The molecule has 3 rings (SSSR count). The fraction of sp³-hybridized carbons (Fsp3) is 0.400. The first-order valence-electron chi connectivity index (χ1n) is 9.16. The number of carbonyl (C=O) groups excluding carboxylic acids is 2. The molecule has 1 saturated heterocycles. The van der Waals surface area contributed by atoms with Crippen LogP contribution in [0, 0.1) is 24.0 Å². The van der Waals surface area contributed by atoms with Crippen LogP contribution in [0.3, 0.4) is 0 Å². The van der Waals surface area contributed by atoms with E-state index in [9.17, 15) is 19.7 Å². The number of ketones is 1. The van der Waals surface area contributed by atoms with Crippen molar-refractivity contribution in [2.45, 2.75) is 26.7 Å². The van der Waals surface area contributed by atoms with Gasteiger partial charge in [0.1, 0.15) is 0 Å². The molecule has 1 aliphatic rings. The maximum absolute atomic E-state index is 12.7. The molecular formula is C20H23N3O5. The van der Waals surface area contributed by atoms with Crippen LogP contribution in [0.1, 0.15) is 44.9 Å². The Kier molecular flexibility index (Phi) is 5.48. The molecule has 0 bridgehead atoms. The molecule has 8 nitrogen and oxygen atoms in total. The average Bonchev–Trinajstić information content (AvgIpc) is 3.30. The summed E-state index contributed by atoms with van der Waals surface area (Å²) in [4.78, 5) is 37.7. The summed E-state index contributed by atoms with van der Waals surface area (Å²) in [6.07, 6.45) is 1.99. The molecule has 148 valence electrons. The summed E-state index contributed by atoms with van der Waals surface area (Å²) < 4.78 is 7.13. The zero-order valence-corrected chi connectivity index (χ0v) is 16.2. The van der Waals surface area contributed by atoms with Crippen molar-refractivity contribution in [3.05, 3.63) is 56.9 Å². The van der Waals surface area contributed by atoms with Crippen molar-refractivity contribution < 1.29 is 19.2 Å². The minimum absolute atomic E-state index is 0.116. The molecule has 1 aliphatic heterocycles. The van der Waals surface area contributed by atoms with Gasteiger partial charge >= 0.3 is 5.97 Å². The van der Waals surface area contributed by atoms with E-state index in [1.54, 1.807) is 12.1 Å². The van der Waals surface area contributed by atoms with Gasteiger partial charge in [0.05, 0.1) is 16.2 Å². The number of benzene rings is 1. The SMILES string of the molecule is Cc1cc(C(=O)COC(=O)c2cc([N+](=O)[O-])ccc2N2CCCC2)c(C)n1C. The second-order valence-electron chi connectivity index (χ2n) is 7.00. The van der Waals surface area contributed by atoms with Crippen LogP contribution in [0.2, 0.25) is 0 Å². The van der Waals surface area contributed by atoms with Crippen molar-refractivity contribution in [2.24, 2.45) is 7.05 Å². The Bertz CT molecular complexity index is 942. The maximum Gasteiger partial charge on any atom is 0.340 e. The van der Waals surface area contributed by atoms with Crippen molar-refractivity contribution in [3.8, 4) is 0 Å². The monoisotopic (exact) mass is 385 g/mol. The second kappa shape index (κ2) is 7.84. The van der Waals surface area contributed by atoms with Gasteiger partial charge < -0.3 is 14.2 Å². The standard InChI is InChI=1S/C20H23N3O5/c1-13-10-16(14(2)21(13)3)19(24)12-28-20(25)17-11-15(23(26)27)6-7-18(17)22-8-4-5-9-22/h6-7,10-11H,4-5,8-9,12H2,1-3H3. The van der Waals surface area contributed by atoms with E-state index < -0.39 is 17.5 Å². The molecule has 0 radical (unpaired) electrons. The van der Waals surface area contributed by atoms with Crippen LogP contribution in [0.15, 0.2) is 24.3 Å². The normalized spacial score (nSPS) is 13.6. The number of nitrogens with zero attached hydrogens (tertiary/aromatic N) is 3. The van der Waals surface area contributed by atoms with Gasteiger partial charge in [0.2, 0.25) is 5.78 Å². The Balaban J connectivity index is 1.80. The topological polar surface area (TPSA) is 94.7 Å². The van der Waals surface area contributed by atoms with Gasteiger partial charge in [-0.25, -0.2) is 4.79 Å². The molecule has 2 aromatic rings. The Hall–Kier alpha value is -3.16. The lowest BCUT2D eigenvalue weighted by Crippen LogP contribution is -2.22. The largest absolute Gasteiger partial charge is 0.454 e. The lowest BCUT2D eigenvalue weighted by atomic mass is 10.1. The number of hydrogen-bond acceptors (Lipinski definition) is 6. The van der Waals surface area contributed by atoms with Gasteiger partial charge in [0.25, 0.3) is 5.69 Å². The second-order valence-corrected chi connectivity index (χ2v) is 7.00. The number of Topliss-reactive ketones (excluding diaryl/α,β-unsaturated/α-hetero) is 1. The van der Waals surface area contributed by atoms with Gasteiger partial charge in [-0.3, -0.25) is 14.9 Å². The average molecular weight is 385 g/mol. The van der Waals surface area contributed by atoms with Crippen molar-refractivity contribution in [2.75, 3.05) is 24.6 Å². The predicted molar refractivity (Wildman–Crippen MR) is 104 cm³/mol. The highest BCUT2D eigenvalue weighted by atomic mass is 16.6. The van der Waals surface area contributed by atoms with Crippen LogP contribution in [0.5, 0.6) is 0 Å². The van der Waals surface area contributed by atoms with E-state index in [1.165, 1.54) is 12.1 Å². The van der Waals surface area contributed by atoms with Crippen LogP contribution in [-0.4, -0.2) is 40.9 Å². The fourth-order valence-electron chi connectivity index (χ4n) is 3.46. The summed E-state index contributed by atoms with van der Waals surface area (Å²) in [5, 5.41) is 11.1. The van der Waals surface area contributed by atoms with Crippen LogP contribution in [0.25, 0.3) is 0 Å². The minimum Gasteiger partial charge on any atom is -0.454 e.